The zero-order valence-corrected chi connectivity index (χ0v) is 12.2. The zero-order valence-electron chi connectivity index (χ0n) is 10.6. The molecule has 7 heteroatoms. The molecule has 0 aromatic carbocycles. The predicted molar refractivity (Wildman–Crippen MR) is 70.7 cm³/mol. The lowest BCUT2D eigenvalue weighted by atomic mass is 10.2. The first-order valence-electron chi connectivity index (χ1n) is 5.66. The lowest BCUT2D eigenvalue weighted by Gasteiger charge is -2.12. The monoisotopic (exact) mass is 292 g/mol. The van der Waals surface area contributed by atoms with Crippen LogP contribution in [0.15, 0.2) is 22.2 Å². The predicted octanol–water partition coefficient (Wildman–Crippen LogP) is 1.30. The molecule has 0 bridgehead atoms. The third kappa shape index (κ3) is 3.11. The Morgan fingerprint density at radius 3 is 2.50 bits per heavy atom. The molecule has 0 aliphatic rings. The molecule has 0 radical (unpaired) electrons. The summed E-state index contributed by atoms with van der Waals surface area (Å²) in [5.74, 6) is 0.175. The maximum atomic E-state index is 12.1. The van der Waals surface area contributed by atoms with Gasteiger partial charge in [-0.2, -0.15) is 0 Å². The van der Waals surface area contributed by atoms with Crippen LogP contribution < -0.4 is 5.56 Å². The van der Waals surface area contributed by atoms with E-state index < -0.39 is 25.7 Å². The Bertz CT molecular complexity index is 566. The molecule has 1 rings (SSSR count). The second kappa shape index (κ2) is 5.84. The first kappa shape index (κ1) is 15.2. The number of hydrogen-bond acceptors (Lipinski definition) is 4. The fraction of sp³-hybridized carbons (Fsp3) is 0.636. The Balaban J connectivity index is 3.32. The Labute approximate surface area is 112 Å². The standard InChI is InChI=1S/C11H17ClN2O3S/c1-8(2)7-14-5-4-13-10(11(14)15)18(16,17)9(3)6-12/h4-5,8-9H,6-7H2,1-3H3. The molecule has 18 heavy (non-hydrogen) atoms. The number of hydrogen-bond donors (Lipinski definition) is 0. The average molecular weight is 293 g/mol. The van der Waals surface area contributed by atoms with Gasteiger partial charge >= 0.3 is 0 Å². The first-order chi connectivity index (χ1) is 8.30. The Hall–Kier alpha value is -0.880. The van der Waals surface area contributed by atoms with E-state index in [-0.39, 0.29) is 11.8 Å². The normalized spacial score (nSPS) is 13.8. The average Bonchev–Trinajstić information content (AvgIpc) is 2.29. The summed E-state index contributed by atoms with van der Waals surface area (Å²) >= 11 is 5.55. The van der Waals surface area contributed by atoms with Gasteiger partial charge in [0.1, 0.15) is 0 Å². The van der Waals surface area contributed by atoms with Crippen LogP contribution in [-0.4, -0.2) is 29.1 Å². The number of halogens is 1. The van der Waals surface area contributed by atoms with Gasteiger partial charge in [0.25, 0.3) is 5.56 Å². The van der Waals surface area contributed by atoms with Crippen molar-refractivity contribution in [2.45, 2.75) is 37.6 Å². The topological polar surface area (TPSA) is 69.0 Å². The van der Waals surface area contributed by atoms with Crippen molar-refractivity contribution in [3.05, 3.63) is 22.7 Å². The number of aromatic nitrogens is 2. The summed E-state index contributed by atoms with van der Waals surface area (Å²) in [7, 11) is -3.75. The van der Waals surface area contributed by atoms with Crippen molar-refractivity contribution in [1.29, 1.82) is 0 Å². The van der Waals surface area contributed by atoms with Crippen LogP contribution in [0.25, 0.3) is 0 Å². The highest BCUT2D eigenvalue weighted by Gasteiger charge is 2.27. The lowest BCUT2D eigenvalue weighted by molar-refractivity contribution is 0.498. The molecule has 0 aliphatic carbocycles. The van der Waals surface area contributed by atoms with Crippen molar-refractivity contribution < 1.29 is 8.42 Å². The quantitative estimate of drug-likeness (QED) is 0.767. The molecular formula is C11H17ClN2O3S. The fourth-order valence-corrected chi connectivity index (χ4v) is 3.05. The second-order valence-corrected chi connectivity index (χ2v) is 7.18. The van der Waals surface area contributed by atoms with Gasteiger partial charge in [0, 0.05) is 24.8 Å². The molecule has 0 amide bonds. The largest absolute Gasteiger partial charge is 0.311 e. The van der Waals surface area contributed by atoms with Crippen LogP contribution in [0.3, 0.4) is 0 Å². The summed E-state index contributed by atoms with van der Waals surface area (Å²) in [5, 5.41) is -1.24. The van der Waals surface area contributed by atoms with Gasteiger partial charge in [-0.1, -0.05) is 13.8 Å². The van der Waals surface area contributed by atoms with Gasteiger partial charge in [-0.25, -0.2) is 13.4 Å². The Kier molecular flexibility index (Phi) is 4.92. The molecule has 0 aliphatic heterocycles. The van der Waals surface area contributed by atoms with Gasteiger partial charge in [-0.3, -0.25) is 4.79 Å². The first-order valence-corrected chi connectivity index (χ1v) is 7.74. The molecule has 1 aromatic rings. The van der Waals surface area contributed by atoms with Crippen molar-refractivity contribution >= 4 is 21.4 Å². The van der Waals surface area contributed by atoms with Crippen LogP contribution in [0.1, 0.15) is 20.8 Å². The molecule has 0 fully saturated rings. The van der Waals surface area contributed by atoms with E-state index in [2.05, 4.69) is 4.98 Å². The van der Waals surface area contributed by atoms with E-state index >= 15 is 0 Å². The number of alkyl halides is 1. The van der Waals surface area contributed by atoms with E-state index in [4.69, 9.17) is 11.6 Å². The highest BCUT2D eigenvalue weighted by Crippen LogP contribution is 2.11. The van der Waals surface area contributed by atoms with E-state index in [0.29, 0.717) is 6.54 Å². The van der Waals surface area contributed by atoms with Gasteiger partial charge in [-0.15, -0.1) is 11.6 Å². The summed E-state index contributed by atoms with van der Waals surface area (Å²) in [6.45, 7) is 5.81. The van der Waals surface area contributed by atoms with Crippen molar-refractivity contribution in [3.63, 3.8) is 0 Å². The van der Waals surface area contributed by atoms with Crippen LogP contribution in [0, 0.1) is 5.92 Å². The third-order valence-electron chi connectivity index (χ3n) is 2.46. The van der Waals surface area contributed by atoms with E-state index in [1.807, 2.05) is 13.8 Å². The molecule has 1 aromatic heterocycles. The summed E-state index contributed by atoms with van der Waals surface area (Å²) in [5.41, 5.74) is -0.580. The van der Waals surface area contributed by atoms with Gasteiger partial charge in [0.05, 0.1) is 5.25 Å². The molecular weight excluding hydrogens is 276 g/mol. The summed E-state index contributed by atoms with van der Waals surface area (Å²) in [6, 6.07) is 0. The van der Waals surface area contributed by atoms with Crippen LogP contribution in [-0.2, 0) is 16.4 Å². The Morgan fingerprint density at radius 2 is 2.00 bits per heavy atom. The summed E-state index contributed by atoms with van der Waals surface area (Å²) in [6.07, 6.45) is 2.82. The van der Waals surface area contributed by atoms with Crippen molar-refractivity contribution in [2.75, 3.05) is 5.88 Å². The van der Waals surface area contributed by atoms with Gasteiger partial charge < -0.3 is 4.57 Å². The Morgan fingerprint density at radius 1 is 1.39 bits per heavy atom. The van der Waals surface area contributed by atoms with E-state index in [0.717, 1.165) is 0 Å². The molecule has 0 saturated heterocycles. The SMILES string of the molecule is CC(C)Cn1ccnc(S(=O)(=O)C(C)CCl)c1=O. The molecule has 1 atom stereocenters. The van der Waals surface area contributed by atoms with E-state index in [9.17, 15) is 13.2 Å². The van der Waals surface area contributed by atoms with Crippen molar-refractivity contribution in [3.8, 4) is 0 Å². The molecule has 0 saturated carbocycles. The van der Waals surface area contributed by atoms with Crippen LogP contribution in [0.2, 0.25) is 0 Å². The molecule has 1 heterocycles. The lowest BCUT2D eigenvalue weighted by Crippen LogP contribution is -2.32. The summed E-state index contributed by atoms with van der Waals surface area (Å²) < 4.78 is 25.5. The smallest absolute Gasteiger partial charge is 0.288 e. The second-order valence-electron chi connectivity index (χ2n) is 4.59. The third-order valence-corrected chi connectivity index (χ3v) is 5.15. The number of rotatable bonds is 5. The van der Waals surface area contributed by atoms with Crippen molar-refractivity contribution in [1.82, 2.24) is 9.55 Å². The van der Waals surface area contributed by atoms with Gasteiger partial charge in [0.15, 0.2) is 0 Å². The van der Waals surface area contributed by atoms with Crippen LogP contribution in [0.4, 0.5) is 0 Å². The zero-order chi connectivity index (χ0) is 13.9. The highest BCUT2D eigenvalue weighted by atomic mass is 35.5. The molecule has 5 nitrogen and oxygen atoms in total. The molecule has 1 unspecified atom stereocenters. The minimum atomic E-state index is -3.75. The van der Waals surface area contributed by atoms with Gasteiger partial charge in [-0.05, 0) is 12.8 Å². The van der Waals surface area contributed by atoms with E-state index in [1.165, 1.54) is 23.9 Å². The molecule has 0 N–H and O–H groups in total. The molecule has 102 valence electrons. The van der Waals surface area contributed by atoms with Crippen molar-refractivity contribution in [2.24, 2.45) is 5.92 Å². The molecule has 0 spiro atoms. The summed E-state index contributed by atoms with van der Waals surface area (Å²) in [4.78, 5) is 15.8. The van der Waals surface area contributed by atoms with Crippen LogP contribution >= 0.6 is 11.6 Å². The number of nitrogens with zero attached hydrogens (tertiary/aromatic N) is 2. The maximum absolute atomic E-state index is 12.1. The van der Waals surface area contributed by atoms with E-state index in [1.54, 1.807) is 0 Å². The van der Waals surface area contributed by atoms with Crippen LogP contribution in [0.5, 0.6) is 0 Å². The van der Waals surface area contributed by atoms with Gasteiger partial charge in [0.2, 0.25) is 14.9 Å². The maximum Gasteiger partial charge on any atom is 0.288 e. The minimum Gasteiger partial charge on any atom is -0.311 e. The minimum absolute atomic E-state index is 0.0669. The fourth-order valence-electron chi connectivity index (χ4n) is 1.43. The number of sulfone groups is 1. The highest BCUT2D eigenvalue weighted by molar-refractivity contribution is 7.92.